The summed E-state index contributed by atoms with van der Waals surface area (Å²) in [6, 6.07) is 8.86. The molecule has 1 fully saturated rings. The zero-order chi connectivity index (χ0) is 9.97. The summed E-state index contributed by atoms with van der Waals surface area (Å²) < 4.78 is 0. The summed E-state index contributed by atoms with van der Waals surface area (Å²) in [5, 5.41) is 0. The molecule has 1 aromatic rings. The average molecular weight is 189 g/mol. The van der Waals surface area contributed by atoms with Gasteiger partial charge in [0.05, 0.1) is 0 Å². The van der Waals surface area contributed by atoms with Crippen molar-refractivity contribution in [1.29, 1.82) is 0 Å². The van der Waals surface area contributed by atoms with Crippen LogP contribution in [-0.2, 0) is 0 Å². The third-order valence-electron chi connectivity index (χ3n) is 3.48. The third-order valence-corrected chi connectivity index (χ3v) is 3.48. The highest BCUT2D eigenvalue weighted by Crippen LogP contribution is 2.38. The van der Waals surface area contributed by atoms with Crippen molar-refractivity contribution < 1.29 is 0 Å². The van der Waals surface area contributed by atoms with Gasteiger partial charge in [0.1, 0.15) is 0 Å². The predicted octanol–water partition coefficient (Wildman–Crippen LogP) is 2.84. The number of hydrogen-bond donors (Lipinski definition) is 1. The van der Waals surface area contributed by atoms with Crippen LogP contribution in [0.4, 0.5) is 0 Å². The molecular weight excluding hydrogens is 170 g/mol. The molecule has 0 aromatic heterocycles. The van der Waals surface area contributed by atoms with Gasteiger partial charge < -0.3 is 5.73 Å². The van der Waals surface area contributed by atoms with Crippen LogP contribution >= 0.6 is 0 Å². The lowest BCUT2D eigenvalue weighted by molar-refractivity contribution is 0.264. The molecule has 0 heterocycles. The van der Waals surface area contributed by atoms with Crippen molar-refractivity contribution >= 4 is 0 Å². The Kier molecular flexibility index (Phi) is 2.87. The van der Waals surface area contributed by atoms with E-state index in [1.54, 1.807) is 0 Å². The van der Waals surface area contributed by atoms with Crippen molar-refractivity contribution in [3.8, 4) is 0 Å². The quantitative estimate of drug-likeness (QED) is 0.777. The third kappa shape index (κ3) is 1.83. The molecule has 1 atom stereocenters. The fraction of sp³-hybridized carbons (Fsp3) is 0.538. The maximum absolute atomic E-state index is 5.85. The molecule has 1 aliphatic carbocycles. The van der Waals surface area contributed by atoms with Gasteiger partial charge >= 0.3 is 0 Å². The van der Waals surface area contributed by atoms with Gasteiger partial charge in [-0.15, -0.1) is 0 Å². The fourth-order valence-corrected chi connectivity index (χ4v) is 2.26. The molecule has 0 aliphatic heterocycles. The molecule has 1 heteroatoms. The minimum atomic E-state index is 0.601. The van der Waals surface area contributed by atoms with Crippen LogP contribution in [-0.4, -0.2) is 6.54 Å². The highest BCUT2D eigenvalue weighted by atomic mass is 14.6. The second kappa shape index (κ2) is 4.14. The maximum Gasteiger partial charge on any atom is -0.000556 e. The van der Waals surface area contributed by atoms with Crippen LogP contribution in [0.15, 0.2) is 24.3 Å². The maximum atomic E-state index is 5.85. The van der Waals surface area contributed by atoms with E-state index in [9.17, 15) is 0 Å². The Morgan fingerprint density at radius 1 is 1.29 bits per heavy atom. The zero-order valence-electron chi connectivity index (χ0n) is 8.87. The summed E-state index contributed by atoms with van der Waals surface area (Å²) >= 11 is 0. The number of aryl methyl sites for hydroxylation is 1. The largest absolute Gasteiger partial charge is 0.330 e. The van der Waals surface area contributed by atoms with E-state index in [2.05, 4.69) is 31.2 Å². The van der Waals surface area contributed by atoms with Gasteiger partial charge in [-0.3, -0.25) is 0 Å². The monoisotopic (exact) mass is 189 g/mol. The van der Waals surface area contributed by atoms with Gasteiger partial charge in [0, 0.05) is 0 Å². The molecule has 1 aliphatic rings. The molecule has 2 rings (SSSR count). The van der Waals surface area contributed by atoms with Crippen LogP contribution < -0.4 is 5.73 Å². The van der Waals surface area contributed by atoms with Crippen molar-refractivity contribution in [3.63, 3.8) is 0 Å². The van der Waals surface area contributed by atoms with E-state index in [1.165, 1.54) is 30.4 Å². The minimum absolute atomic E-state index is 0.601. The second-order valence-corrected chi connectivity index (χ2v) is 4.44. The first-order valence-electron chi connectivity index (χ1n) is 5.58. The van der Waals surface area contributed by atoms with E-state index in [0.717, 1.165) is 12.5 Å². The smallest absolute Gasteiger partial charge is 0.000556 e. The molecule has 1 saturated carbocycles. The van der Waals surface area contributed by atoms with Gasteiger partial charge in [-0.25, -0.2) is 0 Å². The molecule has 76 valence electrons. The Balaban J connectivity index is 2.14. The SMILES string of the molecule is Cc1ccc(C(CN)C2CCC2)cc1. The van der Waals surface area contributed by atoms with Crippen molar-refractivity contribution in [1.82, 2.24) is 0 Å². The first kappa shape index (κ1) is 9.72. The Labute approximate surface area is 86.3 Å². The molecule has 1 unspecified atom stereocenters. The number of nitrogens with two attached hydrogens (primary N) is 1. The molecule has 1 nitrogen and oxygen atoms in total. The molecule has 2 N–H and O–H groups in total. The summed E-state index contributed by atoms with van der Waals surface area (Å²) in [7, 11) is 0. The van der Waals surface area contributed by atoms with Gasteiger partial charge in [-0.05, 0) is 43.7 Å². The zero-order valence-corrected chi connectivity index (χ0v) is 8.87. The lowest BCUT2D eigenvalue weighted by Crippen LogP contribution is -2.26. The van der Waals surface area contributed by atoms with Gasteiger partial charge in [0.2, 0.25) is 0 Å². The van der Waals surface area contributed by atoms with Crippen LogP contribution in [0.5, 0.6) is 0 Å². The van der Waals surface area contributed by atoms with Gasteiger partial charge in [-0.1, -0.05) is 36.2 Å². The second-order valence-electron chi connectivity index (χ2n) is 4.44. The van der Waals surface area contributed by atoms with Gasteiger partial charge in [0.25, 0.3) is 0 Å². The molecule has 0 bridgehead atoms. The minimum Gasteiger partial charge on any atom is -0.330 e. The Bertz CT molecular complexity index is 285. The van der Waals surface area contributed by atoms with Crippen LogP contribution in [0, 0.1) is 12.8 Å². The topological polar surface area (TPSA) is 26.0 Å². The highest BCUT2D eigenvalue weighted by molar-refractivity contribution is 5.25. The first-order valence-corrected chi connectivity index (χ1v) is 5.58. The lowest BCUT2D eigenvalue weighted by Gasteiger charge is -2.33. The normalized spacial score (nSPS) is 19.0. The van der Waals surface area contributed by atoms with E-state index < -0.39 is 0 Å². The van der Waals surface area contributed by atoms with Crippen LogP contribution in [0.1, 0.15) is 36.3 Å². The van der Waals surface area contributed by atoms with Crippen molar-refractivity contribution in [2.24, 2.45) is 11.7 Å². The molecule has 1 aromatic carbocycles. The molecule has 14 heavy (non-hydrogen) atoms. The molecular formula is C13H19N. The van der Waals surface area contributed by atoms with Crippen molar-refractivity contribution in [3.05, 3.63) is 35.4 Å². The Morgan fingerprint density at radius 3 is 2.36 bits per heavy atom. The van der Waals surface area contributed by atoms with Crippen LogP contribution in [0.25, 0.3) is 0 Å². The first-order chi connectivity index (χ1) is 6.81. The Morgan fingerprint density at radius 2 is 1.93 bits per heavy atom. The van der Waals surface area contributed by atoms with E-state index in [4.69, 9.17) is 5.73 Å². The van der Waals surface area contributed by atoms with Crippen molar-refractivity contribution in [2.45, 2.75) is 32.1 Å². The van der Waals surface area contributed by atoms with Gasteiger partial charge in [-0.2, -0.15) is 0 Å². The summed E-state index contributed by atoms with van der Waals surface area (Å²) in [6.45, 7) is 2.93. The molecule has 0 saturated heterocycles. The van der Waals surface area contributed by atoms with Crippen molar-refractivity contribution in [2.75, 3.05) is 6.54 Å². The number of rotatable bonds is 3. The standard InChI is InChI=1S/C13H19N/c1-10-5-7-12(8-6-10)13(9-14)11-3-2-4-11/h5-8,11,13H,2-4,9,14H2,1H3. The van der Waals surface area contributed by atoms with E-state index in [0.29, 0.717) is 5.92 Å². The highest BCUT2D eigenvalue weighted by Gasteiger charge is 2.27. The molecule has 0 amide bonds. The fourth-order valence-electron chi connectivity index (χ4n) is 2.26. The summed E-state index contributed by atoms with van der Waals surface area (Å²) in [4.78, 5) is 0. The number of benzene rings is 1. The van der Waals surface area contributed by atoms with Gasteiger partial charge in [0.15, 0.2) is 0 Å². The van der Waals surface area contributed by atoms with Crippen LogP contribution in [0.2, 0.25) is 0 Å². The van der Waals surface area contributed by atoms with E-state index in [1.807, 2.05) is 0 Å². The van der Waals surface area contributed by atoms with Crippen LogP contribution in [0.3, 0.4) is 0 Å². The van der Waals surface area contributed by atoms with E-state index >= 15 is 0 Å². The van der Waals surface area contributed by atoms with E-state index in [-0.39, 0.29) is 0 Å². The molecule has 0 radical (unpaired) electrons. The average Bonchev–Trinajstić information content (AvgIpc) is 2.13. The Hall–Kier alpha value is -0.820. The number of hydrogen-bond acceptors (Lipinski definition) is 1. The predicted molar refractivity (Wildman–Crippen MR) is 60.3 cm³/mol. The summed E-state index contributed by atoms with van der Waals surface area (Å²) in [5.41, 5.74) is 8.62. The lowest BCUT2D eigenvalue weighted by atomic mass is 9.73. The summed E-state index contributed by atoms with van der Waals surface area (Å²) in [5.74, 6) is 1.45. The molecule has 0 spiro atoms. The summed E-state index contributed by atoms with van der Waals surface area (Å²) in [6.07, 6.45) is 4.14.